The predicted octanol–water partition coefficient (Wildman–Crippen LogP) is 6.37. The highest BCUT2D eigenvalue weighted by Crippen LogP contribution is 2.30. The molecule has 2 atom stereocenters. The van der Waals surface area contributed by atoms with Gasteiger partial charge < -0.3 is 15.0 Å². The van der Waals surface area contributed by atoms with Crippen molar-refractivity contribution in [2.24, 2.45) is 0 Å². The molecule has 0 aliphatic carbocycles. The van der Waals surface area contributed by atoms with E-state index in [1.807, 2.05) is 95.3 Å². The summed E-state index contributed by atoms with van der Waals surface area (Å²) in [6.45, 7) is 9.09. The summed E-state index contributed by atoms with van der Waals surface area (Å²) in [6.07, 6.45) is 0.954. The van der Waals surface area contributed by atoms with Crippen LogP contribution in [0.1, 0.15) is 48.1 Å². The van der Waals surface area contributed by atoms with Crippen LogP contribution in [0, 0.1) is 20.8 Å². The fraction of sp³-hybridized carbons (Fsp3) is 0.316. The minimum Gasteiger partial charge on any atom is -0.497 e. The van der Waals surface area contributed by atoms with E-state index in [4.69, 9.17) is 4.74 Å². The maximum absolute atomic E-state index is 14.7. The zero-order valence-electron chi connectivity index (χ0n) is 28.1. The molecular weight excluding hydrogens is 611 g/mol. The third-order valence-electron chi connectivity index (χ3n) is 8.49. The Labute approximate surface area is 279 Å². The van der Waals surface area contributed by atoms with Crippen LogP contribution in [-0.2, 0) is 32.6 Å². The minimum absolute atomic E-state index is 0.0622. The third-order valence-corrected chi connectivity index (χ3v) is 10.3. The summed E-state index contributed by atoms with van der Waals surface area (Å²) in [4.78, 5) is 30.3. The normalized spacial score (nSPS) is 12.6. The van der Waals surface area contributed by atoms with Crippen molar-refractivity contribution in [3.63, 3.8) is 0 Å². The molecule has 0 fully saturated rings. The van der Waals surface area contributed by atoms with Gasteiger partial charge in [-0.15, -0.1) is 0 Å². The molecular formula is C38H45N3O5S. The molecule has 0 saturated heterocycles. The third kappa shape index (κ3) is 8.80. The van der Waals surface area contributed by atoms with Crippen LogP contribution in [0.5, 0.6) is 5.75 Å². The fourth-order valence-corrected chi connectivity index (χ4v) is 6.79. The summed E-state index contributed by atoms with van der Waals surface area (Å²) in [7, 11) is -2.62. The van der Waals surface area contributed by atoms with Crippen LogP contribution in [0.4, 0.5) is 5.69 Å². The van der Waals surface area contributed by atoms with Crippen molar-refractivity contribution >= 4 is 27.5 Å². The van der Waals surface area contributed by atoms with Gasteiger partial charge in [-0.3, -0.25) is 13.9 Å². The van der Waals surface area contributed by atoms with Gasteiger partial charge in [0, 0.05) is 19.0 Å². The molecule has 0 radical (unpaired) electrons. The van der Waals surface area contributed by atoms with Crippen LogP contribution in [0.2, 0.25) is 0 Å². The molecule has 0 saturated carbocycles. The summed E-state index contributed by atoms with van der Waals surface area (Å²) >= 11 is 0. The number of sulfonamides is 1. The Morgan fingerprint density at radius 3 is 2.17 bits per heavy atom. The van der Waals surface area contributed by atoms with E-state index in [2.05, 4.69) is 5.32 Å². The summed E-state index contributed by atoms with van der Waals surface area (Å²) in [6, 6.07) is 27.8. The molecule has 4 rings (SSSR count). The fourth-order valence-electron chi connectivity index (χ4n) is 5.32. The van der Waals surface area contributed by atoms with Crippen LogP contribution in [0.3, 0.4) is 0 Å². The number of carbonyl (C=O) groups excluding carboxylic acids is 2. The van der Waals surface area contributed by atoms with Crippen LogP contribution in [0.25, 0.3) is 0 Å². The van der Waals surface area contributed by atoms with E-state index >= 15 is 0 Å². The quantitative estimate of drug-likeness (QED) is 0.170. The van der Waals surface area contributed by atoms with Gasteiger partial charge in [0.15, 0.2) is 0 Å². The first-order chi connectivity index (χ1) is 22.4. The molecule has 9 heteroatoms. The van der Waals surface area contributed by atoms with Crippen molar-refractivity contribution < 1.29 is 22.7 Å². The molecule has 0 aliphatic heterocycles. The Bertz CT molecular complexity index is 1780. The molecule has 0 aromatic heterocycles. The Balaban J connectivity index is 1.85. The number of ether oxygens (including phenoxy) is 1. The van der Waals surface area contributed by atoms with E-state index in [0.29, 0.717) is 17.9 Å². The molecule has 8 nitrogen and oxygen atoms in total. The summed E-state index contributed by atoms with van der Waals surface area (Å²) < 4.78 is 35.3. The van der Waals surface area contributed by atoms with Gasteiger partial charge in [0.05, 0.1) is 17.7 Å². The number of anilines is 1. The lowest BCUT2D eigenvalue weighted by Gasteiger charge is -2.34. The van der Waals surface area contributed by atoms with Crippen LogP contribution < -0.4 is 14.4 Å². The van der Waals surface area contributed by atoms with Crippen molar-refractivity contribution in [3.05, 3.63) is 125 Å². The van der Waals surface area contributed by atoms with Crippen molar-refractivity contribution in [3.8, 4) is 5.75 Å². The van der Waals surface area contributed by atoms with Gasteiger partial charge in [-0.25, -0.2) is 8.42 Å². The summed E-state index contributed by atoms with van der Waals surface area (Å²) in [5.41, 5.74) is 4.57. The molecule has 4 aromatic carbocycles. The summed E-state index contributed by atoms with van der Waals surface area (Å²) in [5.74, 6) is -0.207. The maximum atomic E-state index is 14.7. The average Bonchev–Trinajstić information content (AvgIpc) is 3.07. The lowest BCUT2D eigenvalue weighted by atomic mass is 10.0. The van der Waals surface area contributed by atoms with Crippen molar-refractivity contribution in [1.82, 2.24) is 10.2 Å². The average molecular weight is 656 g/mol. The number of nitrogens with zero attached hydrogens (tertiary/aromatic N) is 2. The first kappa shape index (κ1) is 35.2. The number of carbonyl (C=O) groups is 2. The first-order valence-electron chi connectivity index (χ1n) is 15.9. The first-order valence-corrected chi connectivity index (χ1v) is 17.3. The molecule has 0 unspecified atom stereocenters. The van der Waals surface area contributed by atoms with Crippen molar-refractivity contribution in [2.45, 2.75) is 71.0 Å². The van der Waals surface area contributed by atoms with Crippen LogP contribution in [0.15, 0.2) is 102 Å². The lowest BCUT2D eigenvalue weighted by Crippen LogP contribution is -2.54. The molecule has 2 amide bonds. The largest absolute Gasteiger partial charge is 0.497 e. The molecule has 4 aromatic rings. The Hall–Kier alpha value is -4.63. The second kappa shape index (κ2) is 15.8. The van der Waals surface area contributed by atoms with Gasteiger partial charge in [-0.2, -0.15) is 0 Å². The number of hydrogen-bond acceptors (Lipinski definition) is 5. The van der Waals surface area contributed by atoms with Crippen LogP contribution >= 0.6 is 0 Å². The maximum Gasteiger partial charge on any atom is 0.264 e. The van der Waals surface area contributed by atoms with Gasteiger partial charge in [-0.1, -0.05) is 79.2 Å². The number of aryl methyl sites for hydroxylation is 2. The number of amides is 2. The molecule has 47 heavy (non-hydrogen) atoms. The monoisotopic (exact) mass is 655 g/mol. The lowest BCUT2D eigenvalue weighted by molar-refractivity contribution is -0.140. The van der Waals surface area contributed by atoms with E-state index in [-0.39, 0.29) is 29.8 Å². The van der Waals surface area contributed by atoms with Gasteiger partial charge in [0.2, 0.25) is 11.8 Å². The molecule has 248 valence electrons. The second-order valence-corrected chi connectivity index (χ2v) is 13.8. The van der Waals surface area contributed by atoms with Gasteiger partial charge in [0.1, 0.15) is 18.3 Å². The Kier molecular flexibility index (Phi) is 11.8. The number of methoxy groups -OCH3 is 1. The second-order valence-electron chi connectivity index (χ2n) is 11.9. The molecule has 0 spiro atoms. The highest BCUT2D eigenvalue weighted by Gasteiger charge is 2.35. The van der Waals surface area contributed by atoms with E-state index < -0.39 is 28.5 Å². The zero-order valence-corrected chi connectivity index (χ0v) is 28.9. The molecule has 0 heterocycles. The number of rotatable bonds is 14. The minimum atomic E-state index is -4.18. The van der Waals surface area contributed by atoms with Gasteiger partial charge >= 0.3 is 0 Å². The zero-order chi connectivity index (χ0) is 34.1. The van der Waals surface area contributed by atoms with E-state index in [1.54, 1.807) is 43.5 Å². The van der Waals surface area contributed by atoms with E-state index in [9.17, 15) is 18.0 Å². The Morgan fingerprint density at radius 2 is 1.51 bits per heavy atom. The highest BCUT2D eigenvalue weighted by atomic mass is 32.2. The van der Waals surface area contributed by atoms with E-state index in [1.165, 1.54) is 9.21 Å². The van der Waals surface area contributed by atoms with Crippen molar-refractivity contribution in [1.29, 1.82) is 0 Å². The number of nitrogens with one attached hydrogen (secondary N) is 1. The Morgan fingerprint density at radius 1 is 0.851 bits per heavy atom. The van der Waals surface area contributed by atoms with Crippen LogP contribution in [-0.4, -0.2) is 50.9 Å². The topological polar surface area (TPSA) is 96.0 Å². The molecule has 1 N–H and O–H groups in total. The number of benzene rings is 4. The smallest absolute Gasteiger partial charge is 0.264 e. The molecule has 0 aliphatic rings. The number of hydrogen-bond donors (Lipinski definition) is 1. The predicted molar refractivity (Wildman–Crippen MR) is 187 cm³/mol. The van der Waals surface area contributed by atoms with Gasteiger partial charge in [-0.05, 0) is 86.7 Å². The highest BCUT2D eigenvalue weighted by molar-refractivity contribution is 7.92. The SMILES string of the molecule is CC[C@H](C)NC(=O)[C@H](Cc1ccccc1)N(Cc1cccc(OC)c1)C(=O)CN(c1cccc(C)c1C)S(=O)(=O)c1ccc(C)cc1. The van der Waals surface area contributed by atoms with E-state index in [0.717, 1.165) is 27.8 Å². The summed E-state index contributed by atoms with van der Waals surface area (Å²) in [5, 5.41) is 3.07. The molecule has 0 bridgehead atoms. The van der Waals surface area contributed by atoms with Crippen molar-refractivity contribution in [2.75, 3.05) is 18.0 Å². The van der Waals surface area contributed by atoms with Gasteiger partial charge in [0.25, 0.3) is 10.0 Å². The standard InChI is InChI=1S/C38H45N3O5S/c1-7-29(4)39-38(43)36(24-31-14-9-8-10-15-31)40(25-32-16-12-17-33(23-32)46-6)37(42)26-41(35-18-11-13-28(3)30(35)5)47(44,45)34-21-19-27(2)20-22-34/h8-23,29,36H,7,24-26H2,1-6H3,(H,39,43)/t29-,36-/m0/s1.